The van der Waals surface area contributed by atoms with Crippen LogP contribution in [0.25, 0.3) is 0 Å². The van der Waals surface area contributed by atoms with Gasteiger partial charge in [-0.2, -0.15) is 0 Å². The Hall–Kier alpha value is -1.63. The van der Waals surface area contributed by atoms with Gasteiger partial charge in [-0.3, -0.25) is 19.8 Å². The lowest BCUT2D eigenvalue weighted by atomic mass is 10.2. The number of hydrogen-bond donors (Lipinski definition) is 3. The largest absolute Gasteiger partial charge is 0.481 e. The Bertz CT molecular complexity index is 317. The molecular formula is C11H21N3O4. The molecule has 0 aromatic heterocycles. The van der Waals surface area contributed by atoms with Crippen molar-refractivity contribution in [2.45, 2.75) is 39.3 Å². The van der Waals surface area contributed by atoms with Crippen molar-refractivity contribution in [2.24, 2.45) is 0 Å². The molecule has 0 aromatic rings. The number of imide groups is 1. The maximum absolute atomic E-state index is 11.7. The average Bonchev–Trinajstić information content (AvgIpc) is 2.27. The molecule has 0 aliphatic heterocycles. The summed E-state index contributed by atoms with van der Waals surface area (Å²) in [4.78, 5) is 35.1. The second-order valence-electron chi connectivity index (χ2n) is 4.22. The molecule has 1 atom stereocenters. The molecule has 7 heteroatoms. The fourth-order valence-corrected chi connectivity index (χ4v) is 1.55. The van der Waals surface area contributed by atoms with E-state index in [1.54, 1.807) is 11.8 Å². The second kappa shape index (κ2) is 7.65. The number of hydrogen-bond acceptors (Lipinski definition) is 4. The van der Waals surface area contributed by atoms with E-state index in [4.69, 9.17) is 5.11 Å². The van der Waals surface area contributed by atoms with Crippen LogP contribution in [0, 0.1) is 0 Å². The summed E-state index contributed by atoms with van der Waals surface area (Å²) in [7, 11) is 1.41. The molecule has 0 aliphatic rings. The van der Waals surface area contributed by atoms with E-state index in [0.29, 0.717) is 0 Å². The summed E-state index contributed by atoms with van der Waals surface area (Å²) in [5, 5.41) is 13.1. The van der Waals surface area contributed by atoms with Gasteiger partial charge in [-0.05, 0) is 20.8 Å². The SMILES string of the molecule is CNC(=O)NC(=O)C(C)N(CCC(=O)O)C(C)C. The molecule has 0 aliphatic carbocycles. The normalized spacial score (nSPS) is 12.3. The van der Waals surface area contributed by atoms with Gasteiger partial charge in [0.1, 0.15) is 0 Å². The molecule has 0 heterocycles. The molecule has 0 radical (unpaired) electrons. The Morgan fingerprint density at radius 1 is 1.22 bits per heavy atom. The number of carboxylic acids is 1. The number of aliphatic carboxylic acids is 1. The Labute approximate surface area is 107 Å². The molecule has 3 N–H and O–H groups in total. The predicted octanol–water partition coefficient (Wildman–Crippen LogP) is 0.0156. The highest BCUT2D eigenvalue weighted by atomic mass is 16.4. The van der Waals surface area contributed by atoms with Crippen LogP contribution in [0.15, 0.2) is 0 Å². The molecule has 0 aromatic carbocycles. The van der Waals surface area contributed by atoms with Gasteiger partial charge < -0.3 is 10.4 Å². The van der Waals surface area contributed by atoms with Crippen LogP contribution in [0.5, 0.6) is 0 Å². The van der Waals surface area contributed by atoms with E-state index >= 15 is 0 Å². The third kappa shape index (κ3) is 5.62. The minimum Gasteiger partial charge on any atom is -0.481 e. The lowest BCUT2D eigenvalue weighted by Crippen LogP contribution is -2.51. The van der Waals surface area contributed by atoms with Crippen LogP contribution in [0.2, 0.25) is 0 Å². The zero-order chi connectivity index (χ0) is 14.3. The van der Waals surface area contributed by atoms with Gasteiger partial charge in [0.25, 0.3) is 0 Å². The van der Waals surface area contributed by atoms with Crippen LogP contribution in [-0.4, -0.2) is 53.6 Å². The highest BCUT2D eigenvalue weighted by Crippen LogP contribution is 2.06. The minimum atomic E-state index is -0.917. The van der Waals surface area contributed by atoms with Crippen LogP contribution >= 0.6 is 0 Å². The summed E-state index contributed by atoms with van der Waals surface area (Å²) in [6.45, 7) is 5.63. The summed E-state index contributed by atoms with van der Waals surface area (Å²) >= 11 is 0. The molecular weight excluding hydrogens is 238 g/mol. The molecule has 18 heavy (non-hydrogen) atoms. The number of amides is 3. The van der Waals surface area contributed by atoms with Crippen LogP contribution in [-0.2, 0) is 9.59 Å². The van der Waals surface area contributed by atoms with Crippen LogP contribution in [0.1, 0.15) is 27.2 Å². The molecule has 0 bridgehead atoms. The third-order valence-electron chi connectivity index (χ3n) is 2.59. The van der Waals surface area contributed by atoms with Gasteiger partial charge in [0.05, 0.1) is 12.5 Å². The molecule has 3 amide bonds. The van der Waals surface area contributed by atoms with Crippen molar-refractivity contribution in [3.63, 3.8) is 0 Å². The number of rotatable bonds is 6. The van der Waals surface area contributed by atoms with Crippen molar-refractivity contribution in [1.29, 1.82) is 0 Å². The lowest BCUT2D eigenvalue weighted by molar-refractivity contribution is -0.138. The lowest BCUT2D eigenvalue weighted by Gasteiger charge is -2.31. The molecule has 7 nitrogen and oxygen atoms in total. The second-order valence-corrected chi connectivity index (χ2v) is 4.22. The highest BCUT2D eigenvalue weighted by molar-refractivity contribution is 5.96. The van der Waals surface area contributed by atoms with Gasteiger partial charge in [0.2, 0.25) is 5.91 Å². The molecule has 1 unspecified atom stereocenters. The Balaban J connectivity index is 4.54. The summed E-state index contributed by atoms with van der Waals surface area (Å²) in [6.07, 6.45) is -0.0459. The van der Waals surface area contributed by atoms with E-state index in [9.17, 15) is 14.4 Å². The van der Waals surface area contributed by atoms with E-state index in [1.165, 1.54) is 7.05 Å². The van der Waals surface area contributed by atoms with Crippen molar-refractivity contribution in [1.82, 2.24) is 15.5 Å². The monoisotopic (exact) mass is 259 g/mol. The fourth-order valence-electron chi connectivity index (χ4n) is 1.55. The van der Waals surface area contributed by atoms with Crippen molar-refractivity contribution in [3.05, 3.63) is 0 Å². The van der Waals surface area contributed by atoms with E-state index in [2.05, 4.69) is 10.6 Å². The first-order valence-electron chi connectivity index (χ1n) is 5.79. The quantitative estimate of drug-likeness (QED) is 0.624. The van der Waals surface area contributed by atoms with E-state index in [0.717, 1.165) is 0 Å². The molecule has 0 spiro atoms. The van der Waals surface area contributed by atoms with Crippen LogP contribution < -0.4 is 10.6 Å². The number of nitrogens with one attached hydrogen (secondary N) is 2. The van der Waals surface area contributed by atoms with Gasteiger partial charge in [0, 0.05) is 19.6 Å². The van der Waals surface area contributed by atoms with Crippen molar-refractivity contribution in [3.8, 4) is 0 Å². The summed E-state index contributed by atoms with van der Waals surface area (Å²) in [6, 6.07) is -1.13. The van der Waals surface area contributed by atoms with E-state index in [1.807, 2.05) is 13.8 Å². The maximum atomic E-state index is 11.7. The van der Waals surface area contributed by atoms with Crippen LogP contribution in [0.3, 0.4) is 0 Å². The first kappa shape index (κ1) is 16.4. The zero-order valence-electron chi connectivity index (χ0n) is 11.2. The van der Waals surface area contributed by atoms with Gasteiger partial charge in [-0.1, -0.05) is 0 Å². The van der Waals surface area contributed by atoms with Crippen molar-refractivity contribution >= 4 is 17.9 Å². The summed E-state index contributed by atoms with van der Waals surface area (Å²) < 4.78 is 0. The summed E-state index contributed by atoms with van der Waals surface area (Å²) in [5.41, 5.74) is 0. The zero-order valence-corrected chi connectivity index (χ0v) is 11.2. The molecule has 0 rings (SSSR count). The number of nitrogens with zero attached hydrogens (tertiary/aromatic N) is 1. The highest BCUT2D eigenvalue weighted by Gasteiger charge is 2.24. The Morgan fingerprint density at radius 3 is 2.17 bits per heavy atom. The Kier molecular flexibility index (Phi) is 6.96. The number of carboxylic acid groups (broad SMARTS) is 1. The number of carbonyl (C=O) groups is 3. The standard InChI is InChI=1S/C11H21N3O4/c1-7(2)14(6-5-9(15)16)8(3)10(17)13-11(18)12-4/h7-8H,5-6H2,1-4H3,(H,15,16)(H2,12,13,17,18). The predicted molar refractivity (Wildman–Crippen MR) is 66.2 cm³/mol. The van der Waals surface area contributed by atoms with Gasteiger partial charge in [0.15, 0.2) is 0 Å². The van der Waals surface area contributed by atoms with Crippen molar-refractivity contribution < 1.29 is 19.5 Å². The first-order valence-corrected chi connectivity index (χ1v) is 5.79. The van der Waals surface area contributed by atoms with Gasteiger partial charge in [-0.25, -0.2) is 4.79 Å². The topological polar surface area (TPSA) is 98.7 Å². The smallest absolute Gasteiger partial charge is 0.321 e. The minimum absolute atomic E-state index is 0.00906. The van der Waals surface area contributed by atoms with Gasteiger partial charge in [-0.15, -0.1) is 0 Å². The van der Waals surface area contributed by atoms with E-state index in [-0.39, 0.29) is 19.0 Å². The van der Waals surface area contributed by atoms with Crippen LogP contribution in [0.4, 0.5) is 4.79 Å². The molecule has 104 valence electrons. The third-order valence-corrected chi connectivity index (χ3v) is 2.59. The maximum Gasteiger partial charge on any atom is 0.321 e. The fraction of sp³-hybridized carbons (Fsp3) is 0.727. The molecule has 0 saturated carbocycles. The number of carbonyl (C=O) groups excluding carboxylic acids is 2. The molecule has 0 fully saturated rings. The number of urea groups is 1. The summed E-state index contributed by atoms with van der Waals surface area (Å²) in [5.74, 6) is -1.37. The van der Waals surface area contributed by atoms with E-state index < -0.39 is 23.9 Å². The van der Waals surface area contributed by atoms with Crippen molar-refractivity contribution in [2.75, 3.05) is 13.6 Å². The molecule has 0 saturated heterocycles. The average molecular weight is 259 g/mol. The Morgan fingerprint density at radius 2 is 1.78 bits per heavy atom. The van der Waals surface area contributed by atoms with Gasteiger partial charge >= 0.3 is 12.0 Å². The first-order chi connectivity index (χ1) is 8.29.